The van der Waals surface area contributed by atoms with Crippen molar-refractivity contribution in [2.75, 3.05) is 19.8 Å². The molecule has 0 N–H and O–H groups in total. The van der Waals surface area contributed by atoms with Crippen LogP contribution in [0.5, 0.6) is 0 Å². The maximum Gasteiger partial charge on any atom is 0.335 e. The first-order chi connectivity index (χ1) is 15.1. The molecular weight excluding hydrogens is 426 g/mol. The van der Waals surface area contributed by atoms with Crippen LogP contribution in [0.4, 0.5) is 0 Å². The minimum absolute atomic E-state index is 0.0263. The Bertz CT molecular complexity index is 707. The zero-order valence-corrected chi connectivity index (χ0v) is 18.9. The van der Waals surface area contributed by atoms with Crippen molar-refractivity contribution in [3.63, 3.8) is 0 Å². The summed E-state index contributed by atoms with van der Waals surface area (Å²) < 4.78 is 22.0. The number of amides is 2. The van der Waals surface area contributed by atoms with Crippen LogP contribution in [0, 0.1) is 11.8 Å². The smallest absolute Gasteiger partial charge is 0.335 e. The van der Waals surface area contributed by atoms with Crippen molar-refractivity contribution in [1.29, 1.82) is 0 Å². The molecule has 0 radical (unpaired) electrons. The Morgan fingerprint density at radius 3 is 2.22 bits per heavy atom. The summed E-state index contributed by atoms with van der Waals surface area (Å²) >= 11 is 0. The van der Waals surface area contributed by atoms with Crippen LogP contribution in [0.15, 0.2) is 0 Å². The summed E-state index contributed by atoms with van der Waals surface area (Å²) in [7, 11) is 0. The first-order valence-electron chi connectivity index (χ1n) is 10.7. The molecule has 0 bridgehead atoms. The second-order valence-corrected chi connectivity index (χ2v) is 8.00. The van der Waals surface area contributed by atoms with Gasteiger partial charge < -0.3 is 23.8 Å². The lowest BCUT2D eigenvalue weighted by atomic mass is 9.80. The van der Waals surface area contributed by atoms with Gasteiger partial charge in [-0.25, -0.2) is 4.79 Å². The van der Waals surface area contributed by atoms with Gasteiger partial charge in [-0.05, 0) is 12.3 Å². The molecular formula is C21H31NO10. The van der Waals surface area contributed by atoms with Gasteiger partial charge in [0, 0.05) is 39.2 Å². The largest absolute Gasteiger partial charge is 0.463 e. The molecule has 0 aromatic carbocycles. The number of esters is 2. The van der Waals surface area contributed by atoms with Gasteiger partial charge in [-0.15, -0.1) is 5.06 Å². The molecule has 2 rings (SSSR count). The minimum atomic E-state index is -0.727. The predicted molar refractivity (Wildman–Crippen MR) is 106 cm³/mol. The fraction of sp³-hybridized carbons (Fsp3) is 0.762. The Morgan fingerprint density at radius 2 is 1.62 bits per heavy atom. The molecule has 0 aliphatic carbocycles. The second-order valence-electron chi connectivity index (χ2n) is 8.00. The summed E-state index contributed by atoms with van der Waals surface area (Å²) in [6, 6.07) is 0. The molecule has 0 aromatic heterocycles. The Balaban J connectivity index is 1.78. The summed E-state index contributed by atoms with van der Waals surface area (Å²) in [5.74, 6) is -2.68. The maximum atomic E-state index is 11.8. The van der Waals surface area contributed by atoms with Gasteiger partial charge in [0.05, 0.1) is 19.1 Å². The quantitative estimate of drug-likeness (QED) is 0.265. The van der Waals surface area contributed by atoms with Crippen LogP contribution in [0.1, 0.15) is 53.4 Å². The third-order valence-corrected chi connectivity index (χ3v) is 5.60. The number of rotatable bonds is 10. The SMILES string of the molecule is CC(=O)OCC1OC(CCOCCC(=O)ON2C(=O)CCC2=O)C(C)[C@@H](C)[C@H]1OC(C)=O. The van der Waals surface area contributed by atoms with E-state index in [1.54, 1.807) is 0 Å². The van der Waals surface area contributed by atoms with Gasteiger partial charge in [0.1, 0.15) is 18.8 Å². The lowest BCUT2D eigenvalue weighted by Gasteiger charge is -2.44. The molecule has 2 amide bonds. The van der Waals surface area contributed by atoms with E-state index in [1.807, 2.05) is 13.8 Å². The van der Waals surface area contributed by atoms with Gasteiger partial charge >= 0.3 is 17.9 Å². The molecule has 2 aliphatic heterocycles. The van der Waals surface area contributed by atoms with E-state index in [-0.39, 0.29) is 57.0 Å². The van der Waals surface area contributed by atoms with Gasteiger partial charge in [0.25, 0.3) is 11.8 Å². The standard InChI is InChI=1S/C21H31NO10/c1-12-13(2)21(30-15(4)24)17(11-29-14(3)23)31-16(12)7-9-28-10-8-20(27)32-22-18(25)5-6-19(22)26/h12-13,16-17,21H,5-11H2,1-4H3/t12?,13-,16?,17?,21-/m1/s1. The molecule has 0 aromatic rings. The molecule has 5 atom stereocenters. The van der Waals surface area contributed by atoms with Crippen LogP contribution in [0.2, 0.25) is 0 Å². The summed E-state index contributed by atoms with van der Waals surface area (Å²) in [5, 5.41) is 0.504. The molecule has 2 saturated heterocycles. The molecule has 2 heterocycles. The first-order valence-corrected chi connectivity index (χ1v) is 10.7. The predicted octanol–water partition coefficient (Wildman–Crippen LogP) is 0.925. The number of nitrogens with zero attached hydrogens (tertiary/aromatic N) is 1. The monoisotopic (exact) mass is 457 g/mol. The van der Waals surface area contributed by atoms with E-state index in [4.69, 9.17) is 23.8 Å². The van der Waals surface area contributed by atoms with Crippen molar-refractivity contribution in [3.05, 3.63) is 0 Å². The summed E-state index contributed by atoms with van der Waals surface area (Å²) in [6.45, 7) is 6.86. The van der Waals surface area contributed by atoms with Gasteiger partial charge in [-0.3, -0.25) is 19.2 Å². The highest BCUT2D eigenvalue weighted by Crippen LogP contribution is 2.34. The van der Waals surface area contributed by atoms with Crippen molar-refractivity contribution in [3.8, 4) is 0 Å². The zero-order chi connectivity index (χ0) is 23.8. The summed E-state index contributed by atoms with van der Waals surface area (Å²) in [6.07, 6.45) is -0.890. The van der Waals surface area contributed by atoms with E-state index < -0.39 is 41.9 Å². The molecule has 0 saturated carbocycles. The molecule has 180 valence electrons. The Morgan fingerprint density at radius 1 is 0.969 bits per heavy atom. The Hall–Kier alpha value is -2.53. The van der Waals surface area contributed by atoms with Gasteiger partial charge in [-0.1, -0.05) is 13.8 Å². The van der Waals surface area contributed by atoms with Gasteiger partial charge in [0.2, 0.25) is 0 Å². The number of ether oxygens (including phenoxy) is 4. The van der Waals surface area contributed by atoms with E-state index in [0.717, 1.165) is 0 Å². The Kier molecular flexibility index (Phi) is 9.58. The number of imide groups is 1. The number of hydroxylamine groups is 2. The van der Waals surface area contributed by atoms with Crippen molar-refractivity contribution in [2.45, 2.75) is 71.7 Å². The van der Waals surface area contributed by atoms with E-state index in [0.29, 0.717) is 11.5 Å². The molecule has 0 spiro atoms. The number of hydrogen-bond acceptors (Lipinski definition) is 10. The lowest BCUT2D eigenvalue weighted by molar-refractivity contribution is -0.208. The zero-order valence-electron chi connectivity index (χ0n) is 18.9. The Labute approximate surface area is 186 Å². The first kappa shape index (κ1) is 25.7. The normalized spacial score (nSPS) is 27.9. The van der Waals surface area contributed by atoms with Gasteiger partial charge in [0.15, 0.2) is 0 Å². The van der Waals surface area contributed by atoms with Gasteiger partial charge in [-0.2, -0.15) is 0 Å². The van der Waals surface area contributed by atoms with E-state index in [1.165, 1.54) is 13.8 Å². The average Bonchev–Trinajstić information content (AvgIpc) is 3.03. The van der Waals surface area contributed by atoms with E-state index >= 15 is 0 Å². The maximum absolute atomic E-state index is 11.8. The topological polar surface area (TPSA) is 135 Å². The van der Waals surface area contributed by atoms with E-state index in [2.05, 4.69) is 0 Å². The number of carbonyl (C=O) groups is 5. The van der Waals surface area contributed by atoms with Crippen molar-refractivity contribution < 1.29 is 47.8 Å². The molecule has 2 aliphatic rings. The third-order valence-electron chi connectivity index (χ3n) is 5.60. The van der Waals surface area contributed by atoms with Crippen LogP contribution in [0.3, 0.4) is 0 Å². The van der Waals surface area contributed by atoms with Crippen LogP contribution >= 0.6 is 0 Å². The average molecular weight is 457 g/mol. The van der Waals surface area contributed by atoms with Crippen LogP contribution < -0.4 is 0 Å². The molecule has 32 heavy (non-hydrogen) atoms. The van der Waals surface area contributed by atoms with E-state index in [9.17, 15) is 24.0 Å². The van der Waals surface area contributed by atoms with Crippen molar-refractivity contribution in [2.24, 2.45) is 11.8 Å². The fourth-order valence-electron chi connectivity index (χ4n) is 3.70. The second kappa shape index (κ2) is 11.9. The highest BCUT2D eigenvalue weighted by molar-refractivity contribution is 6.01. The number of carbonyl (C=O) groups excluding carboxylic acids is 5. The highest BCUT2D eigenvalue weighted by atomic mass is 16.7. The van der Waals surface area contributed by atoms with Crippen molar-refractivity contribution >= 4 is 29.7 Å². The van der Waals surface area contributed by atoms with Crippen molar-refractivity contribution in [1.82, 2.24) is 5.06 Å². The molecule has 11 nitrogen and oxygen atoms in total. The van der Waals surface area contributed by atoms with Crippen LogP contribution in [0.25, 0.3) is 0 Å². The minimum Gasteiger partial charge on any atom is -0.463 e. The highest BCUT2D eigenvalue weighted by Gasteiger charge is 2.43. The third kappa shape index (κ3) is 7.27. The van der Waals surface area contributed by atoms with Crippen LogP contribution in [-0.2, 0) is 47.8 Å². The summed E-state index contributed by atoms with van der Waals surface area (Å²) in [4.78, 5) is 62.2. The lowest BCUT2D eigenvalue weighted by Crippen LogP contribution is -2.53. The number of hydrogen-bond donors (Lipinski definition) is 0. The molecule has 2 fully saturated rings. The fourth-order valence-corrected chi connectivity index (χ4v) is 3.70. The van der Waals surface area contributed by atoms with Crippen LogP contribution in [-0.4, -0.2) is 72.9 Å². The summed E-state index contributed by atoms with van der Waals surface area (Å²) in [5.41, 5.74) is 0. The molecule has 11 heteroatoms. The molecule has 3 unspecified atom stereocenters.